The van der Waals surface area contributed by atoms with E-state index in [1.54, 1.807) is 18.3 Å². The molecule has 0 spiro atoms. The van der Waals surface area contributed by atoms with E-state index in [1.165, 1.54) is 0 Å². The molecule has 68 valence electrons. The average Bonchev–Trinajstić information content (AvgIpc) is 2.57. The van der Waals surface area contributed by atoms with Crippen LogP contribution in [0.3, 0.4) is 0 Å². The zero-order valence-corrected chi connectivity index (χ0v) is 8.15. The fraction of sp³-hybridized carbons (Fsp3) is 0.300. The summed E-state index contributed by atoms with van der Waals surface area (Å²) >= 11 is 1.61. The lowest BCUT2D eigenvalue weighted by molar-refractivity contribution is -0.144. The van der Waals surface area contributed by atoms with Crippen LogP contribution in [0.15, 0.2) is 18.0 Å². The Morgan fingerprint density at radius 3 is 3.00 bits per heavy atom. The van der Waals surface area contributed by atoms with Gasteiger partial charge in [0.1, 0.15) is 0 Å². The van der Waals surface area contributed by atoms with Crippen LogP contribution in [0.2, 0.25) is 0 Å². The van der Waals surface area contributed by atoms with Crippen molar-refractivity contribution in [2.24, 2.45) is 5.41 Å². The minimum Gasteiger partial charge on any atom is -0.481 e. The Balaban J connectivity index is 2.50. The highest BCUT2D eigenvalue weighted by molar-refractivity contribution is 7.10. The number of thiophene rings is 1. The Morgan fingerprint density at radius 2 is 2.46 bits per heavy atom. The lowest BCUT2D eigenvalue weighted by atomic mass is 9.84. The van der Waals surface area contributed by atoms with Gasteiger partial charge in [-0.2, -0.15) is 0 Å². The third-order valence-corrected chi connectivity index (χ3v) is 3.64. The standard InChI is InChI=1S/C10H10O2S/c1-6-7-3-4-13-8(7)5-10(6,2)9(11)12/h3-4H,1,5H2,2H3,(H,11,12)/t10-/m0/s1. The summed E-state index contributed by atoms with van der Waals surface area (Å²) in [5, 5.41) is 11.1. The summed E-state index contributed by atoms with van der Waals surface area (Å²) in [6.45, 7) is 5.61. The molecule has 0 saturated heterocycles. The summed E-state index contributed by atoms with van der Waals surface area (Å²) in [6, 6.07) is 1.95. The van der Waals surface area contributed by atoms with E-state index in [-0.39, 0.29) is 0 Å². The molecule has 0 unspecified atom stereocenters. The van der Waals surface area contributed by atoms with Gasteiger partial charge in [-0.15, -0.1) is 11.3 Å². The summed E-state index contributed by atoms with van der Waals surface area (Å²) in [4.78, 5) is 12.2. The maximum atomic E-state index is 11.0. The van der Waals surface area contributed by atoms with Gasteiger partial charge < -0.3 is 5.11 Å². The third kappa shape index (κ3) is 0.968. The highest BCUT2D eigenvalue weighted by Gasteiger charge is 2.43. The summed E-state index contributed by atoms with van der Waals surface area (Å²) in [5.74, 6) is -0.777. The van der Waals surface area contributed by atoms with Gasteiger partial charge in [0, 0.05) is 11.3 Å². The summed E-state index contributed by atoms with van der Waals surface area (Å²) in [6.07, 6.45) is 0.591. The summed E-state index contributed by atoms with van der Waals surface area (Å²) < 4.78 is 0. The second-order valence-electron chi connectivity index (χ2n) is 3.55. The van der Waals surface area contributed by atoms with Crippen LogP contribution in [0.5, 0.6) is 0 Å². The van der Waals surface area contributed by atoms with Gasteiger partial charge in [-0.3, -0.25) is 4.79 Å². The van der Waals surface area contributed by atoms with Crippen molar-refractivity contribution in [2.75, 3.05) is 0 Å². The van der Waals surface area contributed by atoms with Gasteiger partial charge in [0.05, 0.1) is 5.41 Å². The van der Waals surface area contributed by atoms with Crippen LogP contribution >= 0.6 is 11.3 Å². The van der Waals surface area contributed by atoms with E-state index in [2.05, 4.69) is 6.58 Å². The number of carboxylic acid groups (broad SMARTS) is 1. The number of fused-ring (bicyclic) bond motifs is 1. The number of carboxylic acids is 1. The van der Waals surface area contributed by atoms with E-state index in [4.69, 9.17) is 5.11 Å². The van der Waals surface area contributed by atoms with Crippen LogP contribution < -0.4 is 0 Å². The van der Waals surface area contributed by atoms with Crippen molar-refractivity contribution in [2.45, 2.75) is 13.3 Å². The first-order chi connectivity index (χ1) is 6.05. The van der Waals surface area contributed by atoms with Crippen molar-refractivity contribution >= 4 is 22.9 Å². The Labute approximate surface area is 80.5 Å². The van der Waals surface area contributed by atoms with Gasteiger partial charge in [-0.25, -0.2) is 0 Å². The molecule has 0 bridgehead atoms. The van der Waals surface area contributed by atoms with Crippen molar-refractivity contribution in [3.05, 3.63) is 28.5 Å². The van der Waals surface area contributed by atoms with Crippen LogP contribution in [0.4, 0.5) is 0 Å². The fourth-order valence-corrected chi connectivity index (χ4v) is 2.73. The molecule has 1 aromatic heterocycles. The SMILES string of the molecule is C=C1c2ccsc2C[C@]1(C)C(=O)O. The van der Waals surface area contributed by atoms with Gasteiger partial charge in [-0.05, 0) is 29.5 Å². The molecule has 0 fully saturated rings. The van der Waals surface area contributed by atoms with Crippen molar-refractivity contribution < 1.29 is 9.90 Å². The molecule has 2 nitrogen and oxygen atoms in total. The molecule has 1 aliphatic carbocycles. The van der Waals surface area contributed by atoms with Crippen molar-refractivity contribution in [3.63, 3.8) is 0 Å². The largest absolute Gasteiger partial charge is 0.481 e. The van der Waals surface area contributed by atoms with E-state index in [9.17, 15) is 4.79 Å². The molecule has 0 radical (unpaired) electrons. The molecule has 13 heavy (non-hydrogen) atoms. The highest BCUT2D eigenvalue weighted by atomic mass is 32.1. The molecular formula is C10H10O2S. The fourth-order valence-electron chi connectivity index (χ4n) is 1.68. The van der Waals surface area contributed by atoms with Crippen LogP contribution in [0, 0.1) is 5.41 Å². The third-order valence-electron chi connectivity index (χ3n) is 2.72. The van der Waals surface area contributed by atoms with Crippen LogP contribution in [0.1, 0.15) is 17.4 Å². The Morgan fingerprint density at radius 1 is 1.77 bits per heavy atom. The predicted molar refractivity (Wildman–Crippen MR) is 52.8 cm³/mol. The first-order valence-corrected chi connectivity index (χ1v) is 4.93. The zero-order chi connectivity index (χ0) is 9.64. The lowest BCUT2D eigenvalue weighted by Gasteiger charge is -2.19. The second kappa shape index (κ2) is 2.45. The van der Waals surface area contributed by atoms with Crippen LogP contribution in [0.25, 0.3) is 5.57 Å². The van der Waals surface area contributed by atoms with Crippen molar-refractivity contribution in [1.29, 1.82) is 0 Å². The number of hydrogen-bond donors (Lipinski definition) is 1. The van der Waals surface area contributed by atoms with Crippen molar-refractivity contribution in [3.8, 4) is 0 Å². The van der Waals surface area contributed by atoms with Gasteiger partial charge in [0.15, 0.2) is 0 Å². The molecule has 0 saturated carbocycles. The van der Waals surface area contributed by atoms with Gasteiger partial charge in [0.2, 0.25) is 0 Å². The van der Waals surface area contributed by atoms with E-state index >= 15 is 0 Å². The topological polar surface area (TPSA) is 37.3 Å². The first kappa shape index (κ1) is 8.51. The highest BCUT2D eigenvalue weighted by Crippen LogP contribution is 2.47. The zero-order valence-electron chi connectivity index (χ0n) is 7.33. The van der Waals surface area contributed by atoms with Crippen LogP contribution in [-0.2, 0) is 11.2 Å². The molecule has 3 heteroatoms. The average molecular weight is 194 g/mol. The Kier molecular flexibility index (Phi) is 1.60. The molecule has 1 atom stereocenters. The van der Waals surface area contributed by atoms with E-state index in [1.807, 2.05) is 11.4 Å². The van der Waals surface area contributed by atoms with E-state index in [0.29, 0.717) is 6.42 Å². The van der Waals surface area contributed by atoms with Gasteiger partial charge >= 0.3 is 5.97 Å². The number of hydrogen-bond acceptors (Lipinski definition) is 2. The number of rotatable bonds is 1. The maximum Gasteiger partial charge on any atom is 0.314 e. The molecule has 1 aromatic rings. The van der Waals surface area contributed by atoms with E-state index < -0.39 is 11.4 Å². The van der Waals surface area contributed by atoms with Crippen molar-refractivity contribution in [1.82, 2.24) is 0 Å². The Bertz CT molecular complexity index is 391. The molecule has 0 aromatic carbocycles. The van der Waals surface area contributed by atoms with E-state index in [0.717, 1.165) is 16.0 Å². The monoisotopic (exact) mass is 194 g/mol. The quantitative estimate of drug-likeness (QED) is 0.745. The Hall–Kier alpha value is -1.09. The molecular weight excluding hydrogens is 184 g/mol. The smallest absolute Gasteiger partial charge is 0.314 e. The maximum absolute atomic E-state index is 11.0. The molecule has 2 rings (SSSR count). The molecule has 0 amide bonds. The normalized spacial score (nSPS) is 26.1. The van der Waals surface area contributed by atoms with Gasteiger partial charge in [-0.1, -0.05) is 6.58 Å². The summed E-state index contributed by atoms with van der Waals surface area (Å²) in [5.41, 5.74) is 1.01. The minimum atomic E-state index is -0.777. The molecule has 1 N–H and O–H groups in total. The molecule has 1 heterocycles. The first-order valence-electron chi connectivity index (χ1n) is 4.05. The predicted octanol–water partition coefficient (Wildman–Crippen LogP) is 2.41. The minimum absolute atomic E-state index is 0.591. The molecule has 0 aliphatic heterocycles. The lowest BCUT2D eigenvalue weighted by Crippen LogP contribution is -2.26. The number of aliphatic carboxylic acids is 1. The summed E-state index contributed by atoms with van der Waals surface area (Å²) in [7, 11) is 0. The number of carbonyl (C=O) groups is 1. The molecule has 1 aliphatic rings. The van der Waals surface area contributed by atoms with Crippen LogP contribution in [-0.4, -0.2) is 11.1 Å². The second-order valence-corrected chi connectivity index (χ2v) is 4.55. The van der Waals surface area contributed by atoms with Gasteiger partial charge in [0.25, 0.3) is 0 Å².